The molecular weight excluding hydrogens is 316 g/mol. The van der Waals surface area contributed by atoms with Crippen LogP contribution in [0.1, 0.15) is 40.6 Å². The number of carbonyl (C=O) groups excluding carboxylic acids is 1. The molecule has 0 aliphatic carbocycles. The van der Waals surface area contributed by atoms with Gasteiger partial charge in [0.25, 0.3) is 5.91 Å². The van der Waals surface area contributed by atoms with E-state index in [0.29, 0.717) is 12.1 Å². The van der Waals surface area contributed by atoms with E-state index in [0.717, 1.165) is 41.8 Å². The summed E-state index contributed by atoms with van der Waals surface area (Å²) in [7, 11) is 1.87. The maximum Gasteiger partial charge on any atom is 0.254 e. The molecule has 1 atom stereocenters. The lowest BCUT2D eigenvalue weighted by atomic mass is 10.0. The number of amides is 1. The van der Waals surface area contributed by atoms with E-state index in [1.165, 1.54) is 0 Å². The van der Waals surface area contributed by atoms with Crippen LogP contribution in [0, 0.1) is 13.8 Å². The van der Waals surface area contributed by atoms with Gasteiger partial charge < -0.3 is 4.90 Å². The van der Waals surface area contributed by atoms with Gasteiger partial charge in [0, 0.05) is 38.2 Å². The zero-order valence-electron chi connectivity index (χ0n) is 14.8. The SMILES string of the molecule is Cc1cc(C(=O)N2CCC[C@@H](n3cccn3)C2)c2c(C)nn(C)c2n1. The molecule has 0 N–H and O–H groups in total. The number of hydrogen-bond acceptors (Lipinski definition) is 4. The summed E-state index contributed by atoms with van der Waals surface area (Å²) in [5.74, 6) is 0.0588. The van der Waals surface area contributed by atoms with Crippen LogP contribution in [0.2, 0.25) is 0 Å². The van der Waals surface area contributed by atoms with Gasteiger partial charge in [0.2, 0.25) is 0 Å². The van der Waals surface area contributed by atoms with Crippen LogP contribution in [-0.4, -0.2) is 48.4 Å². The summed E-state index contributed by atoms with van der Waals surface area (Å²) in [6, 6.07) is 4.05. The Hall–Kier alpha value is -2.70. The second-order valence-corrected chi connectivity index (χ2v) is 6.75. The van der Waals surface area contributed by atoms with Gasteiger partial charge >= 0.3 is 0 Å². The van der Waals surface area contributed by atoms with Crippen LogP contribution < -0.4 is 0 Å². The van der Waals surface area contributed by atoms with E-state index in [1.807, 2.05) is 48.8 Å². The standard InChI is InChI=1S/C18H22N6O/c1-12-10-15(16-13(2)21-22(3)17(16)20-12)18(25)23-8-4-6-14(11-23)24-9-5-7-19-24/h5,7,9-10,14H,4,6,8,11H2,1-3H3/t14-/m1/s1. The summed E-state index contributed by atoms with van der Waals surface area (Å²) >= 11 is 0. The quantitative estimate of drug-likeness (QED) is 0.719. The van der Waals surface area contributed by atoms with Crippen molar-refractivity contribution in [3.8, 4) is 0 Å². The third-order valence-electron chi connectivity index (χ3n) is 4.91. The molecule has 3 aromatic heterocycles. The van der Waals surface area contributed by atoms with Gasteiger partial charge in [-0.05, 0) is 38.8 Å². The molecule has 7 heteroatoms. The molecule has 0 unspecified atom stereocenters. The molecule has 4 heterocycles. The van der Waals surface area contributed by atoms with Crippen LogP contribution in [-0.2, 0) is 7.05 Å². The average molecular weight is 338 g/mol. The lowest BCUT2D eigenvalue weighted by Gasteiger charge is -2.33. The number of pyridine rings is 1. The first-order chi connectivity index (χ1) is 12.0. The smallest absolute Gasteiger partial charge is 0.254 e. The summed E-state index contributed by atoms with van der Waals surface area (Å²) in [4.78, 5) is 19.8. The molecule has 1 aliphatic heterocycles. The van der Waals surface area contributed by atoms with Crippen molar-refractivity contribution in [2.75, 3.05) is 13.1 Å². The molecule has 0 bridgehead atoms. The van der Waals surface area contributed by atoms with Crippen molar-refractivity contribution in [1.29, 1.82) is 0 Å². The molecule has 1 saturated heterocycles. The molecule has 25 heavy (non-hydrogen) atoms. The van der Waals surface area contributed by atoms with Crippen LogP contribution >= 0.6 is 0 Å². The zero-order valence-corrected chi connectivity index (χ0v) is 14.8. The van der Waals surface area contributed by atoms with Crippen molar-refractivity contribution < 1.29 is 4.79 Å². The van der Waals surface area contributed by atoms with Crippen molar-refractivity contribution in [1.82, 2.24) is 29.4 Å². The average Bonchev–Trinajstić information content (AvgIpc) is 3.23. The lowest BCUT2D eigenvalue weighted by Crippen LogP contribution is -2.41. The van der Waals surface area contributed by atoms with Gasteiger partial charge in [-0.1, -0.05) is 0 Å². The fraction of sp³-hybridized carbons (Fsp3) is 0.444. The molecule has 0 aromatic carbocycles. The monoisotopic (exact) mass is 338 g/mol. The molecule has 1 fully saturated rings. The molecule has 130 valence electrons. The number of hydrogen-bond donors (Lipinski definition) is 0. The van der Waals surface area contributed by atoms with Crippen LogP contribution in [0.5, 0.6) is 0 Å². The first-order valence-corrected chi connectivity index (χ1v) is 8.64. The number of piperidine rings is 1. The van der Waals surface area contributed by atoms with Gasteiger partial charge in [-0.3, -0.25) is 14.2 Å². The van der Waals surface area contributed by atoms with Gasteiger partial charge in [0.05, 0.1) is 22.7 Å². The normalized spacial score (nSPS) is 18.0. The van der Waals surface area contributed by atoms with Crippen molar-refractivity contribution in [3.63, 3.8) is 0 Å². The van der Waals surface area contributed by atoms with E-state index in [4.69, 9.17) is 0 Å². The highest BCUT2D eigenvalue weighted by molar-refractivity contribution is 6.06. The van der Waals surface area contributed by atoms with Crippen molar-refractivity contribution in [2.45, 2.75) is 32.7 Å². The Kier molecular flexibility index (Phi) is 3.78. The van der Waals surface area contributed by atoms with Gasteiger partial charge in [-0.25, -0.2) is 4.98 Å². The fourth-order valence-corrected chi connectivity index (χ4v) is 3.76. The zero-order chi connectivity index (χ0) is 17.6. The largest absolute Gasteiger partial charge is 0.336 e. The second kappa shape index (κ2) is 5.98. The molecule has 1 amide bonds. The van der Waals surface area contributed by atoms with Crippen LogP contribution in [0.3, 0.4) is 0 Å². The molecule has 0 spiro atoms. The Morgan fingerprint density at radius 2 is 2.16 bits per heavy atom. The van der Waals surface area contributed by atoms with Gasteiger partial charge in [-0.2, -0.15) is 10.2 Å². The Bertz CT molecular complexity index is 927. The number of aryl methyl sites for hydroxylation is 3. The number of nitrogens with zero attached hydrogens (tertiary/aromatic N) is 6. The molecule has 1 aliphatic rings. The van der Waals surface area contributed by atoms with Crippen molar-refractivity contribution in [3.05, 3.63) is 41.5 Å². The van der Waals surface area contributed by atoms with Crippen LogP contribution in [0.25, 0.3) is 11.0 Å². The molecule has 7 nitrogen and oxygen atoms in total. The highest BCUT2D eigenvalue weighted by Gasteiger charge is 2.28. The van der Waals surface area contributed by atoms with E-state index >= 15 is 0 Å². The van der Waals surface area contributed by atoms with Crippen molar-refractivity contribution in [2.24, 2.45) is 7.05 Å². The number of fused-ring (bicyclic) bond motifs is 1. The predicted octanol–water partition coefficient (Wildman–Crippen LogP) is 2.26. The molecule has 3 aromatic rings. The van der Waals surface area contributed by atoms with Crippen molar-refractivity contribution >= 4 is 16.9 Å². The topological polar surface area (TPSA) is 68.8 Å². The van der Waals surface area contributed by atoms with E-state index in [1.54, 1.807) is 10.9 Å². The molecule has 4 rings (SSSR count). The Balaban J connectivity index is 1.70. The first kappa shape index (κ1) is 15.8. The fourth-order valence-electron chi connectivity index (χ4n) is 3.76. The first-order valence-electron chi connectivity index (χ1n) is 8.64. The number of likely N-dealkylation sites (tertiary alicyclic amines) is 1. The van der Waals surface area contributed by atoms with Gasteiger partial charge in [-0.15, -0.1) is 0 Å². The maximum atomic E-state index is 13.3. The summed E-state index contributed by atoms with van der Waals surface area (Å²) < 4.78 is 3.71. The number of aromatic nitrogens is 5. The minimum absolute atomic E-state index is 0.0588. The Morgan fingerprint density at radius 3 is 2.92 bits per heavy atom. The van der Waals surface area contributed by atoms with E-state index in [9.17, 15) is 4.79 Å². The second-order valence-electron chi connectivity index (χ2n) is 6.75. The van der Waals surface area contributed by atoms with Gasteiger partial charge in [0.1, 0.15) is 0 Å². The highest BCUT2D eigenvalue weighted by Crippen LogP contribution is 2.26. The third-order valence-corrected chi connectivity index (χ3v) is 4.91. The maximum absolute atomic E-state index is 13.3. The predicted molar refractivity (Wildman–Crippen MR) is 94.4 cm³/mol. The Morgan fingerprint density at radius 1 is 1.32 bits per heavy atom. The number of carbonyl (C=O) groups is 1. The van der Waals surface area contributed by atoms with E-state index in [2.05, 4.69) is 15.2 Å². The molecule has 0 saturated carbocycles. The molecule has 0 radical (unpaired) electrons. The van der Waals surface area contributed by atoms with Crippen LogP contribution in [0.15, 0.2) is 24.5 Å². The summed E-state index contributed by atoms with van der Waals surface area (Å²) in [5, 5.41) is 9.65. The van der Waals surface area contributed by atoms with Crippen LogP contribution in [0.4, 0.5) is 0 Å². The van der Waals surface area contributed by atoms with Gasteiger partial charge in [0.15, 0.2) is 5.65 Å². The highest BCUT2D eigenvalue weighted by atomic mass is 16.2. The minimum Gasteiger partial charge on any atom is -0.336 e. The summed E-state index contributed by atoms with van der Waals surface area (Å²) in [5.41, 5.74) is 3.14. The summed E-state index contributed by atoms with van der Waals surface area (Å²) in [6.07, 6.45) is 5.78. The number of rotatable bonds is 2. The molecular formula is C18H22N6O. The lowest BCUT2D eigenvalue weighted by molar-refractivity contribution is 0.0674. The minimum atomic E-state index is 0.0588. The third kappa shape index (κ3) is 2.69. The van der Waals surface area contributed by atoms with E-state index < -0.39 is 0 Å². The van der Waals surface area contributed by atoms with E-state index in [-0.39, 0.29) is 11.9 Å². The Labute approximate surface area is 146 Å². The summed E-state index contributed by atoms with van der Waals surface area (Å²) in [6.45, 7) is 5.31.